The van der Waals surface area contributed by atoms with E-state index in [1.54, 1.807) is 18.3 Å². The van der Waals surface area contributed by atoms with Crippen LogP contribution in [-0.2, 0) is 9.59 Å². The normalized spacial score (nSPS) is 18.2. The zero-order valence-corrected chi connectivity index (χ0v) is 14.7. The molecule has 0 aliphatic carbocycles. The van der Waals surface area contributed by atoms with E-state index >= 15 is 0 Å². The van der Waals surface area contributed by atoms with Crippen molar-refractivity contribution in [1.29, 1.82) is 0 Å². The second-order valence-electron chi connectivity index (χ2n) is 6.74. The Morgan fingerprint density at radius 3 is 2.62 bits per heavy atom. The SMILES string of the molecule is CC(C)CC(=O)C1=C(O)C(=O)N(CCN(C)C)C1c1ccccn1. The number of pyridine rings is 1. The molecule has 130 valence electrons. The van der Waals surface area contributed by atoms with Gasteiger partial charge in [0.2, 0.25) is 0 Å². The highest BCUT2D eigenvalue weighted by Gasteiger charge is 2.43. The minimum absolute atomic E-state index is 0.146. The number of likely N-dealkylation sites (N-methyl/N-ethyl adjacent to an activating group) is 1. The second kappa shape index (κ2) is 7.57. The number of hydrogen-bond acceptors (Lipinski definition) is 5. The van der Waals surface area contributed by atoms with Gasteiger partial charge in [-0.05, 0) is 32.1 Å². The number of aliphatic hydroxyl groups is 1. The summed E-state index contributed by atoms with van der Waals surface area (Å²) in [5.74, 6) is -0.985. The van der Waals surface area contributed by atoms with Gasteiger partial charge in [-0.25, -0.2) is 0 Å². The van der Waals surface area contributed by atoms with E-state index in [1.807, 2.05) is 38.9 Å². The average Bonchev–Trinajstić information content (AvgIpc) is 2.77. The first-order chi connectivity index (χ1) is 11.3. The van der Waals surface area contributed by atoms with Gasteiger partial charge >= 0.3 is 0 Å². The van der Waals surface area contributed by atoms with Gasteiger partial charge in [0, 0.05) is 25.7 Å². The zero-order chi connectivity index (χ0) is 17.9. The molecule has 1 aliphatic rings. The number of aliphatic hydroxyl groups excluding tert-OH is 1. The Hall–Kier alpha value is -2.21. The van der Waals surface area contributed by atoms with E-state index in [-0.39, 0.29) is 23.7 Å². The van der Waals surface area contributed by atoms with Crippen molar-refractivity contribution in [2.75, 3.05) is 27.2 Å². The molecule has 1 aliphatic heterocycles. The molecule has 1 atom stereocenters. The number of aromatic nitrogens is 1. The summed E-state index contributed by atoms with van der Waals surface area (Å²) in [6, 6.07) is 4.76. The Bertz CT molecular complexity index is 638. The summed E-state index contributed by atoms with van der Waals surface area (Å²) in [6.45, 7) is 4.92. The number of Topliss-reactive ketones (excluding diaryl/α,β-unsaturated/α-hetero) is 1. The number of carbonyl (C=O) groups excluding carboxylic acids is 2. The van der Waals surface area contributed by atoms with Crippen molar-refractivity contribution in [1.82, 2.24) is 14.8 Å². The first-order valence-corrected chi connectivity index (χ1v) is 8.15. The maximum atomic E-state index is 12.6. The number of hydrogen-bond donors (Lipinski definition) is 1. The van der Waals surface area contributed by atoms with Crippen LogP contribution in [0.4, 0.5) is 0 Å². The Labute approximate surface area is 142 Å². The molecule has 0 radical (unpaired) electrons. The highest BCUT2D eigenvalue weighted by Crippen LogP contribution is 2.37. The van der Waals surface area contributed by atoms with Crippen LogP contribution >= 0.6 is 0 Å². The van der Waals surface area contributed by atoms with Gasteiger partial charge in [0.1, 0.15) is 6.04 Å². The van der Waals surface area contributed by atoms with Gasteiger partial charge in [-0.1, -0.05) is 19.9 Å². The predicted molar refractivity (Wildman–Crippen MR) is 91.4 cm³/mol. The van der Waals surface area contributed by atoms with Crippen LogP contribution in [-0.4, -0.2) is 58.8 Å². The number of carbonyl (C=O) groups is 2. The standard InChI is InChI=1S/C18H25N3O3/c1-12(2)11-14(22)15-16(13-7-5-6-8-19-13)21(10-9-20(3)4)18(24)17(15)23/h5-8,12,16,23H,9-11H2,1-4H3. The summed E-state index contributed by atoms with van der Waals surface area (Å²) < 4.78 is 0. The number of nitrogens with zero attached hydrogens (tertiary/aromatic N) is 3. The van der Waals surface area contributed by atoms with E-state index in [9.17, 15) is 14.7 Å². The molecule has 6 heteroatoms. The lowest BCUT2D eigenvalue weighted by molar-refractivity contribution is -0.129. The van der Waals surface area contributed by atoms with Crippen LogP contribution in [0.3, 0.4) is 0 Å². The third-order valence-electron chi connectivity index (χ3n) is 3.95. The van der Waals surface area contributed by atoms with Gasteiger partial charge < -0.3 is 14.9 Å². The van der Waals surface area contributed by atoms with Crippen molar-refractivity contribution < 1.29 is 14.7 Å². The monoisotopic (exact) mass is 331 g/mol. The van der Waals surface area contributed by atoms with Crippen LogP contribution in [0.5, 0.6) is 0 Å². The van der Waals surface area contributed by atoms with Crippen LogP contribution < -0.4 is 0 Å². The minimum atomic E-state index is -0.620. The van der Waals surface area contributed by atoms with E-state index in [0.29, 0.717) is 18.8 Å². The fraction of sp³-hybridized carbons (Fsp3) is 0.500. The number of ketones is 1. The van der Waals surface area contributed by atoms with E-state index < -0.39 is 17.7 Å². The molecule has 1 aromatic rings. The van der Waals surface area contributed by atoms with Crippen molar-refractivity contribution in [3.05, 3.63) is 41.4 Å². The second-order valence-corrected chi connectivity index (χ2v) is 6.74. The van der Waals surface area contributed by atoms with Crippen LogP contribution in [0.2, 0.25) is 0 Å². The first-order valence-electron chi connectivity index (χ1n) is 8.15. The highest BCUT2D eigenvalue weighted by molar-refractivity contribution is 6.08. The largest absolute Gasteiger partial charge is 0.503 e. The summed E-state index contributed by atoms with van der Waals surface area (Å²) in [7, 11) is 3.82. The molecular weight excluding hydrogens is 306 g/mol. The Morgan fingerprint density at radius 2 is 2.08 bits per heavy atom. The fourth-order valence-electron chi connectivity index (χ4n) is 2.80. The van der Waals surface area contributed by atoms with Crippen molar-refractivity contribution in [3.8, 4) is 0 Å². The molecule has 1 amide bonds. The van der Waals surface area contributed by atoms with Gasteiger partial charge in [-0.2, -0.15) is 0 Å². The third-order valence-corrected chi connectivity index (χ3v) is 3.95. The molecule has 0 spiro atoms. The average molecular weight is 331 g/mol. The molecule has 6 nitrogen and oxygen atoms in total. The predicted octanol–water partition coefficient (Wildman–Crippen LogP) is 1.95. The Morgan fingerprint density at radius 1 is 1.38 bits per heavy atom. The molecule has 1 aromatic heterocycles. The molecule has 2 rings (SSSR count). The number of amides is 1. The Kier molecular flexibility index (Phi) is 5.72. The number of rotatable bonds is 7. The molecular formula is C18H25N3O3. The van der Waals surface area contributed by atoms with Crippen LogP contribution in [0.1, 0.15) is 32.0 Å². The minimum Gasteiger partial charge on any atom is -0.503 e. The fourth-order valence-corrected chi connectivity index (χ4v) is 2.80. The van der Waals surface area contributed by atoms with Crippen molar-refractivity contribution in [2.45, 2.75) is 26.3 Å². The van der Waals surface area contributed by atoms with Gasteiger partial charge in [0.05, 0.1) is 11.3 Å². The van der Waals surface area contributed by atoms with Gasteiger partial charge in [-0.3, -0.25) is 14.6 Å². The topological polar surface area (TPSA) is 73.7 Å². The van der Waals surface area contributed by atoms with Gasteiger partial charge in [-0.15, -0.1) is 0 Å². The highest BCUT2D eigenvalue weighted by atomic mass is 16.3. The van der Waals surface area contributed by atoms with Crippen LogP contribution in [0.15, 0.2) is 35.7 Å². The van der Waals surface area contributed by atoms with E-state index in [4.69, 9.17) is 0 Å². The molecule has 0 bridgehead atoms. The van der Waals surface area contributed by atoms with Gasteiger partial charge in [0.25, 0.3) is 5.91 Å². The maximum absolute atomic E-state index is 12.6. The molecule has 24 heavy (non-hydrogen) atoms. The lowest BCUT2D eigenvalue weighted by atomic mass is 9.94. The molecule has 0 aromatic carbocycles. The molecule has 0 fully saturated rings. The quantitative estimate of drug-likeness (QED) is 0.827. The van der Waals surface area contributed by atoms with Crippen molar-refractivity contribution >= 4 is 11.7 Å². The first kappa shape index (κ1) is 18.1. The summed E-state index contributed by atoms with van der Waals surface area (Å²) in [5.41, 5.74) is 0.770. The van der Waals surface area contributed by atoms with Crippen molar-refractivity contribution in [3.63, 3.8) is 0 Å². The van der Waals surface area contributed by atoms with E-state index in [2.05, 4.69) is 4.98 Å². The smallest absolute Gasteiger partial charge is 0.290 e. The maximum Gasteiger partial charge on any atom is 0.290 e. The van der Waals surface area contributed by atoms with Crippen LogP contribution in [0, 0.1) is 5.92 Å². The summed E-state index contributed by atoms with van der Waals surface area (Å²) in [6.07, 6.45) is 1.92. The molecule has 0 saturated heterocycles. The summed E-state index contributed by atoms with van der Waals surface area (Å²) >= 11 is 0. The summed E-state index contributed by atoms with van der Waals surface area (Å²) in [4.78, 5) is 33.0. The molecule has 0 saturated carbocycles. The molecule has 1 unspecified atom stereocenters. The lowest BCUT2D eigenvalue weighted by Gasteiger charge is -2.27. The lowest BCUT2D eigenvalue weighted by Crippen LogP contribution is -2.37. The zero-order valence-electron chi connectivity index (χ0n) is 14.7. The van der Waals surface area contributed by atoms with E-state index in [0.717, 1.165) is 0 Å². The van der Waals surface area contributed by atoms with E-state index in [1.165, 1.54) is 4.90 Å². The Balaban J connectivity index is 2.41. The van der Waals surface area contributed by atoms with Crippen LogP contribution in [0.25, 0.3) is 0 Å². The van der Waals surface area contributed by atoms with Crippen molar-refractivity contribution in [2.24, 2.45) is 5.92 Å². The van der Waals surface area contributed by atoms with Gasteiger partial charge in [0.15, 0.2) is 11.5 Å². The summed E-state index contributed by atoms with van der Waals surface area (Å²) in [5, 5.41) is 10.3. The molecule has 1 N–H and O–H groups in total. The third kappa shape index (κ3) is 3.82. The molecule has 2 heterocycles.